The van der Waals surface area contributed by atoms with Crippen molar-refractivity contribution >= 4 is 5.91 Å². The molecule has 0 radical (unpaired) electrons. The highest BCUT2D eigenvalue weighted by molar-refractivity contribution is 5.93. The Morgan fingerprint density at radius 2 is 2.16 bits per heavy atom. The third-order valence-corrected chi connectivity index (χ3v) is 2.46. The molecule has 1 aromatic carbocycles. The maximum atomic E-state index is 12.8. The zero-order chi connectivity index (χ0) is 13.7. The van der Waals surface area contributed by atoms with Gasteiger partial charge in [-0.2, -0.15) is 0 Å². The summed E-state index contributed by atoms with van der Waals surface area (Å²) < 4.78 is 22.7. The first kappa shape index (κ1) is 13.2. The summed E-state index contributed by atoms with van der Waals surface area (Å²) >= 11 is 0. The molecule has 0 fully saturated rings. The molecule has 100 valence electrons. The topological polar surface area (TPSA) is 64.4 Å². The summed E-state index contributed by atoms with van der Waals surface area (Å²) in [6, 6.07) is 7.26. The lowest BCUT2D eigenvalue weighted by molar-refractivity contribution is 0.0928. The second-order valence-electron chi connectivity index (χ2n) is 3.83. The standard InChI is InChI=1S/C13H13FN2O3/c1-18-7-6-15-13(17)11-8-12(19-16-11)9-2-4-10(14)5-3-9/h2-5,8H,6-7H2,1H3,(H,15,17). The van der Waals surface area contributed by atoms with Crippen LogP contribution in [-0.2, 0) is 4.74 Å². The zero-order valence-electron chi connectivity index (χ0n) is 10.4. The molecule has 19 heavy (non-hydrogen) atoms. The van der Waals surface area contributed by atoms with Crippen LogP contribution in [0.25, 0.3) is 11.3 Å². The Morgan fingerprint density at radius 3 is 2.84 bits per heavy atom. The number of nitrogens with one attached hydrogen (secondary N) is 1. The van der Waals surface area contributed by atoms with E-state index in [0.29, 0.717) is 24.5 Å². The summed E-state index contributed by atoms with van der Waals surface area (Å²) in [6.07, 6.45) is 0. The van der Waals surface area contributed by atoms with Crippen molar-refractivity contribution in [3.63, 3.8) is 0 Å². The molecule has 2 aromatic rings. The van der Waals surface area contributed by atoms with Gasteiger partial charge in [-0.3, -0.25) is 4.79 Å². The predicted octanol–water partition coefficient (Wildman–Crippen LogP) is 1.86. The second-order valence-corrected chi connectivity index (χ2v) is 3.83. The van der Waals surface area contributed by atoms with Crippen LogP contribution in [0.3, 0.4) is 0 Å². The molecule has 0 aliphatic carbocycles. The van der Waals surface area contributed by atoms with E-state index in [0.717, 1.165) is 0 Å². The predicted molar refractivity (Wildman–Crippen MR) is 66.1 cm³/mol. The smallest absolute Gasteiger partial charge is 0.273 e. The van der Waals surface area contributed by atoms with Crippen molar-refractivity contribution in [2.24, 2.45) is 0 Å². The first-order valence-corrected chi connectivity index (χ1v) is 5.70. The van der Waals surface area contributed by atoms with Crippen LogP contribution in [0.4, 0.5) is 4.39 Å². The Bertz CT molecular complexity index is 551. The number of nitrogens with zero attached hydrogens (tertiary/aromatic N) is 1. The Hall–Kier alpha value is -2.21. The number of halogens is 1. The monoisotopic (exact) mass is 264 g/mol. The number of hydrogen-bond acceptors (Lipinski definition) is 4. The van der Waals surface area contributed by atoms with Gasteiger partial charge in [0.15, 0.2) is 11.5 Å². The van der Waals surface area contributed by atoms with Gasteiger partial charge in [0.25, 0.3) is 5.91 Å². The van der Waals surface area contributed by atoms with E-state index in [2.05, 4.69) is 10.5 Å². The van der Waals surface area contributed by atoms with Gasteiger partial charge in [0.1, 0.15) is 5.82 Å². The average molecular weight is 264 g/mol. The maximum Gasteiger partial charge on any atom is 0.273 e. The molecule has 6 heteroatoms. The number of carbonyl (C=O) groups excluding carboxylic acids is 1. The van der Waals surface area contributed by atoms with E-state index in [1.807, 2.05) is 0 Å². The minimum absolute atomic E-state index is 0.176. The van der Waals surface area contributed by atoms with Crippen molar-refractivity contribution in [3.8, 4) is 11.3 Å². The first-order chi connectivity index (χ1) is 9.20. The summed E-state index contributed by atoms with van der Waals surface area (Å²) in [5, 5.41) is 6.30. The molecular formula is C13H13FN2O3. The van der Waals surface area contributed by atoms with Gasteiger partial charge in [0.05, 0.1) is 6.61 Å². The number of carbonyl (C=O) groups is 1. The summed E-state index contributed by atoms with van der Waals surface area (Å²) in [4.78, 5) is 11.7. The zero-order valence-corrected chi connectivity index (χ0v) is 10.4. The van der Waals surface area contributed by atoms with Gasteiger partial charge in [-0.1, -0.05) is 5.16 Å². The van der Waals surface area contributed by atoms with Gasteiger partial charge in [-0.15, -0.1) is 0 Å². The summed E-state index contributed by atoms with van der Waals surface area (Å²) in [6.45, 7) is 0.822. The first-order valence-electron chi connectivity index (χ1n) is 5.70. The lowest BCUT2D eigenvalue weighted by atomic mass is 10.1. The van der Waals surface area contributed by atoms with Gasteiger partial charge in [0, 0.05) is 25.3 Å². The van der Waals surface area contributed by atoms with Gasteiger partial charge in [-0.05, 0) is 24.3 Å². The Labute approximate surface area is 109 Å². The van der Waals surface area contributed by atoms with Crippen LogP contribution in [0.2, 0.25) is 0 Å². The van der Waals surface area contributed by atoms with Crippen molar-refractivity contribution in [1.29, 1.82) is 0 Å². The molecule has 0 unspecified atom stereocenters. The molecule has 0 saturated carbocycles. The van der Waals surface area contributed by atoms with Crippen molar-refractivity contribution in [3.05, 3.63) is 41.8 Å². The van der Waals surface area contributed by atoms with Crippen molar-refractivity contribution in [2.75, 3.05) is 20.3 Å². The average Bonchev–Trinajstić information content (AvgIpc) is 2.89. The van der Waals surface area contributed by atoms with E-state index < -0.39 is 0 Å². The van der Waals surface area contributed by atoms with Crippen LogP contribution in [0.5, 0.6) is 0 Å². The van der Waals surface area contributed by atoms with E-state index in [9.17, 15) is 9.18 Å². The molecule has 0 aliphatic rings. The van der Waals surface area contributed by atoms with Gasteiger partial charge in [0.2, 0.25) is 0 Å². The summed E-state index contributed by atoms with van der Waals surface area (Å²) in [7, 11) is 1.55. The number of ether oxygens (including phenoxy) is 1. The highest BCUT2D eigenvalue weighted by Crippen LogP contribution is 2.20. The van der Waals surface area contributed by atoms with Crippen LogP contribution in [-0.4, -0.2) is 31.3 Å². The fraction of sp³-hybridized carbons (Fsp3) is 0.231. The minimum atomic E-state index is -0.339. The van der Waals surface area contributed by atoms with E-state index >= 15 is 0 Å². The fourth-order valence-corrected chi connectivity index (χ4v) is 1.49. The van der Waals surface area contributed by atoms with Crippen LogP contribution >= 0.6 is 0 Å². The van der Waals surface area contributed by atoms with E-state index in [1.54, 1.807) is 19.2 Å². The number of rotatable bonds is 5. The molecule has 1 aromatic heterocycles. The molecule has 0 atom stereocenters. The van der Waals surface area contributed by atoms with Crippen LogP contribution in [0, 0.1) is 5.82 Å². The molecule has 1 N–H and O–H groups in total. The van der Waals surface area contributed by atoms with E-state index in [1.165, 1.54) is 18.2 Å². The summed E-state index contributed by atoms with van der Waals surface area (Å²) in [5.74, 6) is -0.258. The third kappa shape index (κ3) is 3.38. The Kier molecular flexibility index (Phi) is 4.25. The van der Waals surface area contributed by atoms with E-state index in [4.69, 9.17) is 9.26 Å². The molecule has 2 rings (SSSR count). The molecule has 5 nitrogen and oxygen atoms in total. The van der Waals surface area contributed by atoms with Crippen molar-refractivity contribution in [2.45, 2.75) is 0 Å². The highest BCUT2D eigenvalue weighted by Gasteiger charge is 2.13. The third-order valence-electron chi connectivity index (χ3n) is 2.46. The SMILES string of the molecule is COCCNC(=O)c1cc(-c2ccc(F)cc2)on1. The van der Waals surface area contributed by atoms with Crippen molar-refractivity contribution < 1.29 is 18.4 Å². The minimum Gasteiger partial charge on any atom is -0.383 e. The quantitative estimate of drug-likeness (QED) is 0.837. The lowest BCUT2D eigenvalue weighted by Gasteiger charge is -2.00. The molecule has 0 spiro atoms. The van der Waals surface area contributed by atoms with Gasteiger partial charge < -0.3 is 14.6 Å². The second kappa shape index (κ2) is 6.10. The van der Waals surface area contributed by atoms with Crippen LogP contribution in [0.15, 0.2) is 34.9 Å². The molecule has 0 saturated heterocycles. The lowest BCUT2D eigenvalue weighted by Crippen LogP contribution is -2.27. The van der Waals surface area contributed by atoms with E-state index in [-0.39, 0.29) is 17.4 Å². The number of hydrogen-bond donors (Lipinski definition) is 1. The van der Waals surface area contributed by atoms with Gasteiger partial charge >= 0.3 is 0 Å². The normalized spacial score (nSPS) is 10.4. The number of aromatic nitrogens is 1. The molecule has 0 aliphatic heterocycles. The molecule has 1 heterocycles. The highest BCUT2D eigenvalue weighted by atomic mass is 19.1. The Morgan fingerprint density at radius 1 is 1.42 bits per heavy atom. The molecular weight excluding hydrogens is 251 g/mol. The number of benzene rings is 1. The largest absolute Gasteiger partial charge is 0.383 e. The fourth-order valence-electron chi connectivity index (χ4n) is 1.49. The van der Waals surface area contributed by atoms with Crippen molar-refractivity contribution in [1.82, 2.24) is 10.5 Å². The Balaban J connectivity index is 2.06. The van der Waals surface area contributed by atoms with Crippen LogP contribution < -0.4 is 5.32 Å². The maximum absolute atomic E-state index is 12.8. The molecule has 0 bridgehead atoms. The molecule has 1 amide bonds. The number of amides is 1. The van der Waals surface area contributed by atoms with Gasteiger partial charge in [-0.25, -0.2) is 4.39 Å². The van der Waals surface area contributed by atoms with Crippen LogP contribution in [0.1, 0.15) is 10.5 Å². The summed E-state index contributed by atoms with van der Waals surface area (Å²) in [5.41, 5.74) is 0.834. The number of methoxy groups -OCH3 is 1.